The Morgan fingerprint density at radius 3 is 2.31 bits per heavy atom. The molecule has 7 nitrogen and oxygen atoms in total. The number of hydrogen-bond donors (Lipinski definition) is 2. The SMILES string of the molecule is NC(=O)c1ccccc1NC(=O)C1CCN(S(=O)(=O)Cc2ccc(F)cc2)CC1. The second-order valence-electron chi connectivity index (χ2n) is 6.96. The molecule has 1 aliphatic rings. The van der Waals surface area contributed by atoms with E-state index >= 15 is 0 Å². The molecule has 3 N–H and O–H groups in total. The molecule has 0 unspecified atom stereocenters. The Bertz CT molecular complexity index is 1000. The molecule has 2 aromatic rings. The number of hydrogen-bond acceptors (Lipinski definition) is 4. The van der Waals surface area contributed by atoms with Crippen LogP contribution in [0.1, 0.15) is 28.8 Å². The molecule has 0 spiro atoms. The molecule has 0 aliphatic carbocycles. The van der Waals surface area contributed by atoms with Gasteiger partial charge in [0.05, 0.1) is 17.0 Å². The third kappa shape index (κ3) is 5.18. The van der Waals surface area contributed by atoms with E-state index in [0.29, 0.717) is 24.1 Å². The maximum atomic E-state index is 13.0. The van der Waals surface area contributed by atoms with E-state index in [4.69, 9.17) is 5.73 Å². The molecule has 9 heteroatoms. The first-order chi connectivity index (χ1) is 13.8. The van der Waals surface area contributed by atoms with Gasteiger partial charge in [-0.15, -0.1) is 0 Å². The van der Waals surface area contributed by atoms with Gasteiger partial charge in [-0.05, 0) is 42.7 Å². The molecule has 154 valence electrons. The number of halogens is 1. The molecule has 2 amide bonds. The lowest BCUT2D eigenvalue weighted by Crippen LogP contribution is -2.42. The van der Waals surface area contributed by atoms with E-state index in [9.17, 15) is 22.4 Å². The highest BCUT2D eigenvalue weighted by Gasteiger charge is 2.31. The molecule has 1 fully saturated rings. The molecule has 1 saturated heterocycles. The summed E-state index contributed by atoms with van der Waals surface area (Å²) in [5, 5.41) is 2.72. The van der Waals surface area contributed by atoms with Crippen LogP contribution in [0.2, 0.25) is 0 Å². The Morgan fingerprint density at radius 2 is 1.69 bits per heavy atom. The van der Waals surface area contributed by atoms with E-state index in [1.807, 2.05) is 0 Å². The van der Waals surface area contributed by atoms with Crippen molar-refractivity contribution in [2.75, 3.05) is 18.4 Å². The number of amides is 2. The minimum absolute atomic E-state index is 0.212. The molecular formula is C20H22FN3O4S. The van der Waals surface area contributed by atoms with Gasteiger partial charge in [-0.3, -0.25) is 9.59 Å². The fourth-order valence-corrected chi connectivity index (χ4v) is 4.88. The van der Waals surface area contributed by atoms with Crippen molar-refractivity contribution in [2.24, 2.45) is 11.7 Å². The fraction of sp³-hybridized carbons (Fsp3) is 0.300. The average molecular weight is 419 g/mol. The summed E-state index contributed by atoms with van der Waals surface area (Å²) in [5.41, 5.74) is 6.40. The van der Waals surface area contributed by atoms with Crippen LogP contribution in [0.5, 0.6) is 0 Å². The third-order valence-electron chi connectivity index (χ3n) is 4.93. The van der Waals surface area contributed by atoms with Gasteiger partial charge in [0.15, 0.2) is 0 Å². The Hall–Kier alpha value is -2.78. The predicted molar refractivity (Wildman–Crippen MR) is 107 cm³/mol. The number of carbonyl (C=O) groups excluding carboxylic acids is 2. The maximum Gasteiger partial charge on any atom is 0.250 e. The minimum atomic E-state index is -3.56. The van der Waals surface area contributed by atoms with Crippen LogP contribution in [0.25, 0.3) is 0 Å². The molecule has 0 bridgehead atoms. The normalized spacial score (nSPS) is 15.8. The largest absolute Gasteiger partial charge is 0.366 e. The number of nitrogens with two attached hydrogens (primary N) is 1. The minimum Gasteiger partial charge on any atom is -0.366 e. The number of nitrogens with zero attached hydrogens (tertiary/aromatic N) is 1. The lowest BCUT2D eigenvalue weighted by Gasteiger charge is -2.30. The topological polar surface area (TPSA) is 110 Å². The van der Waals surface area contributed by atoms with Crippen molar-refractivity contribution in [3.05, 3.63) is 65.5 Å². The highest BCUT2D eigenvalue weighted by atomic mass is 32.2. The van der Waals surface area contributed by atoms with Gasteiger partial charge in [0.25, 0.3) is 5.91 Å². The van der Waals surface area contributed by atoms with Crippen molar-refractivity contribution in [2.45, 2.75) is 18.6 Å². The number of primary amides is 1. The number of piperidine rings is 1. The zero-order valence-corrected chi connectivity index (χ0v) is 16.5. The van der Waals surface area contributed by atoms with Gasteiger partial charge in [0, 0.05) is 19.0 Å². The molecule has 1 aliphatic heterocycles. The van der Waals surface area contributed by atoms with Crippen LogP contribution in [0.15, 0.2) is 48.5 Å². The molecule has 3 rings (SSSR count). The van der Waals surface area contributed by atoms with Crippen molar-refractivity contribution in [1.82, 2.24) is 4.31 Å². The number of anilines is 1. The first-order valence-electron chi connectivity index (χ1n) is 9.18. The van der Waals surface area contributed by atoms with Crippen LogP contribution in [0, 0.1) is 11.7 Å². The van der Waals surface area contributed by atoms with Gasteiger partial charge in [0.2, 0.25) is 15.9 Å². The van der Waals surface area contributed by atoms with Gasteiger partial charge in [-0.25, -0.2) is 17.1 Å². The fourth-order valence-electron chi connectivity index (χ4n) is 3.32. The monoisotopic (exact) mass is 419 g/mol. The van der Waals surface area contributed by atoms with Crippen LogP contribution >= 0.6 is 0 Å². The maximum absolute atomic E-state index is 13.0. The van der Waals surface area contributed by atoms with Crippen molar-refractivity contribution in [1.29, 1.82) is 0 Å². The van der Waals surface area contributed by atoms with Crippen molar-refractivity contribution >= 4 is 27.5 Å². The number of benzene rings is 2. The number of rotatable bonds is 6. The van der Waals surface area contributed by atoms with Crippen LogP contribution < -0.4 is 11.1 Å². The number of sulfonamides is 1. The average Bonchev–Trinajstić information content (AvgIpc) is 2.70. The summed E-state index contributed by atoms with van der Waals surface area (Å²) < 4.78 is 39.6. The van der Waals surface area contributed by atoms with Crippen LogP contribution in [-0.2, 0) is 20.6 Å². The predicted octanol–water partition coefficient (Wildman–Crippen LogP) is 2.11. The molecule has 29 heavy (non-hydrogen) atoms. The van der Waals surface area contributed by atoms with E-state index in [2.05, 4.69) is 5.32 Å². The van der Waals surface area contributed by atoms with E-state index in [1.165, 1.54) is 34.6 Å². The van der Waals surface area contributed by atoms with Crippen molar-refractivity contribution in [3.63, 3.8) is 0 Å². The van der Waals surface area contributed by atoms with E-state index < -0.39 is 21.7 Å². The van der Waals surface area contributed by atoms with Crippen LogP contribution in [0.4, 0.5) is 10.1 Å². The number of para-hydroxylation sites is 1. The van der Waals surface area contributed by atoms with Gasteiger partial charge < -0.3 is 11.1 Å². The molecule has 1 heterocycles. The summed E-state index contributed by atoms with van der Waals surface area (Å²) in [6, 6.07) is 11.8. The van der Waals surface area contributed by atoms with Gasteiger partial charge in [-0.1, -0.05) is 24.3 Å². The molecule has 0 aromatic heterocycles. The third-order valence-corrected chi connectivity index (χ3v) is 6.78. The second kappa shape index (κ2) is 8.71. The van der Waals surface area contributed by atoms with Crippen LogP contribution in [-0.4, -0.2) is 37.6 Å². The highest BCUT2D eigenvalue weighted by molar-refractivity contribution is 7.88. The van der Waals surface area contributed by atoms with Crippen molar-refractivity contribution in [3.8, 4) is 0 Å². The Morgan fingerprint density at radius 1 is 1.07 bits per heavy atom. The smallest absolute Gasteiger partial charge is 0.250 e. The highest BCUT2D eigenvalue weighted by Crippen LogP contribution is 2.24. The Labute approximate surface area is 168 Å². The first kappa shape index (κ1) is 20.9. The second-order valence-corrected chi connectivity index (χ2v) is 8.92. The molecule has 2 aromatic carbocycles. The van der Waals surface area contributed by atoms with E-state index in [1.54, 1.807) is 18.2 Å². The standard InChI is InChI=1S/C20H22FN3O4S/c21-16-7-5-14(6-8-16)13-29(27,28)24-11-9-15(10-12-24)20(26)23-18-4-2-1-3-17(18)19(22)25/h1-8,15H,9-13H2,(H2,22,25)(H,23,26). The quantitative estimate of drug-likeness (QED) is 0.747. The summed E-state index contributed by atoms with van der Waals surface area (Å²) in [4.78, 5) is 24.0. The first-order valence-corrected chi connectivity index (χ1v) is 10.8. The number of carbonyl (C=O) groups is 2. The molecule has 0 atom stereocenters. The molecule has 0 saturated carbocycles. The summed E-state index contributed by atoms with van der Waals surface area (Å²) in [6.45, 7) is 0.443. The lowest BCUT2D eigenvalue weighted by atomic mass is 9.97. The van der Waals surface area contributed by atoms with Gasteiger partial charge >= 0.3 is 0 Å². The van der Waals surface area contributed by atoms with Crippen LogP contribution in [0.3, 0.4) is 0 Å². The number of nitrogens with one attached hydrogen (secondary N) is 1. The molecule has 0 radical (unpaired) electrons. The zero-order chi connectivity index (χ0) is 21.0. The summed E-state index contributed by atoms with van der Waals surface area (Å²) in [6.07, 6.45) is 0.737. The van der Waals surface area contributed by atoms with Gasteiger partial charge in [0.1, 0.15) is 5.82 Å². The Kier molecular flexibility index (Phi) is 6.29. The van der Waals surface area contributed by atoms with Crippen molar-refractivity contribution < 1.29 is 22.4 Å². The van der Waals surface area contributed by atoms with Gasteiger partial charge in [-0.2, -0.15) is 0 Å². The zero-order valence-electron chi connectivity index (χ0n) is 15.7. The summed E-state index contributed by atoms with van der Waals surface area (Å²) in [5.74, 6) is -1.91. The summed E-state index contributed by atoms with van der Waals surface area (Å²) in [7, 11) is -3.56. The van der Waals surface area contributed by atoms with E-state index in [0.717, 1.165) is 0 Å². The lowest BCUT2D eigenvalue weighted by molar-refractivity contribution is -0.120. The summed E-state index contributed by atoms with van der Waals surface area (Å²) >= 11 is 0. The molecular weight excluding hydrogens is 397 g/mol. The Balaban J connectivity index is 1.59. The van der Waals surface area contributed by atoms with E-state index in [-0.39, 0.29) is 36.2 Å².